The van der Waals surface area contributed by atoms with E-state index in [1.165, 1.54) is 5.56 Å². The molecule has 0 radical (unpaired) electrons. The zero-order valence-corrected chi connectivity index (χ0v) is 11.9. The van der Waals surface area contributed by atoms with Gasteiger partial charge in [0.25, 0.3) is 0 Å². The molecule has 4 heteroatoms. The number of ketones is 1. The lowest BCUT2D eigenvalue weighted by Crippen LogP contribution is -2.07. The summed E-state index contributed by atoms with van der Waals surface area (Å²) in [7, 11) is 0. The Bertz CT molecular complexity index is 614. The van der Waals surface area contributed by atoms with Crippen LogP contribution < -0.4 is 0 Å². The fraction of sp³-hybridized carbons (Fsp3) is 0.400. The molecule has 0 fully saturated rings. The molecule has 0 unspecified atom stereocenters. The minimum absolute atomic E-state index is 0.0495. The number of hydrogen-bond donors (Lipinski definition) is 0. The molecule has 0 spiro atoms. The molecular formula is C15H19N3O. The predicted molar refractivity (Wildman–Crippen MR) is 74.8 cm³/mol. The lowest BCUT2D eigenvalue weighted by atomic mass is 10.1. The van der Waals surface area contributed by atoms with Gasteiger partial charge in [-0.05, 0) is 37.5 Å². The van der Waals surface area contributed by atoms with Gasteiger partial charge in [0, 0.05) is 6.42 Å². The second kappa shape index (κ2) is 5.34. The number of nitrogens with zero attached hydrogens (tertiary/aromatic N) is 3. The molecule has 0 aliphatic carbocycles. The SMILES string of the molecule is CCC(=O)c1nnn(-c2cc(C)ccc2C)c1CC. The fourth-order valence-electron chi connectivity index (χ4n) is 2.14. The molecule has 1 aromatic heterocycles. The Balaban J connectivity index is 2.60. The van der Waals surface area contributed by atoms with Crippen LogP contribution in [0.4, 0.5) is 0 Å². The molecule has 2 rings (SSSR count). The van der Waals surface area contributed by atoms with E-state index in [0.29, 0.717) is 12.1 Å². The molecule has 0 saturated carbocycles. The second-order valence-electron chi connectivity index (χ2n) is 4.72. The highest BCUT2D eigenvalue weighted by Crippen LogP contribution is 2.19. The molecule has 0 aliphatic rings. The molecule has 0 aliphatic heterocycles. The lowest BCUT2D eigenvalue weighted by Gasteiger charge is -2.09. The van der Waals surface area contributed by atoms with Gasteiger partial charge < -0.3 is 0 Å². The summed E-state index contributed by atoms with van der Waals surface area (Å²) in [6.07, 6.45) is 1.19. The van der Waals surface area contributed by atoms with Crippen molar-refractivity contribution in [3.8, 4) is 5.69 Å². The maximum absolute atomic E-state index is 11.9. The van der Waals surface area contributed by atoms with Gasteiger partial charge in [-0.15, -0.1) is 5.10 Å². The van der Waals surface area contributed by atoms with Crippen LogP contribution >= 0.6 is 0 Å². The average molecular weight is 257 g/mol. The van der Waals surface area contributed by atoms with E-state index in [9.17, 15) is 4.79 Å². The fourth-order valence-corrected chi connectivity index (χ4v) is 2.14. The van der Waals surface area contributed by atoms with E-state index in [2.05, 4.69) is 28.5 Å². The third-order valence-electron chi connectivity index (χ3n) is 3.28. The summed E-state index contributed by atoms with van der Waals surface area (Å²) in [6.45, 7) is 7.95. The van der Waals surface area contributed by atoms with Crippen LogP contribution in [0.2, 0.25) is 0 Å². The number of carbonyl (C=O) groups excluding carboxylic acids is 1. The van der Waals surface area contributed by atoms with Gasteiger partial charge in [-0.25, -0.2) is 4.68 Å². The first-order chi connectivity index (χ1) is 9.08. The molecule has 0 saturated heterocycles. The highest BCUT2D eigenvalue weighted by Gasteiger charge is 2.18. The zero-order chi connectivity index (χ0) is 14.0. The van der Waals surface area contributed by atoms with Gasteiger partial charge in [0.2, 0.25) is 0 Å². The molecule has 19 heavy (non-hydrogen) atoms. The van der Waals surface area contributed by atoms with Crippen molar-refractivity contribution in [1.29, 1.82) is 0 Å². The first kappa shape index (κ1) is 13.5. The van der Waals surface area contributed by atoms with Crippen LogP contribution in [0.5, 0.6) is 0 Å². The predicted octanol–water partition coefficient (Wildman–Crippen LogP) is 3.04. The molecule has 1 heterocycles. The number of Topliss-reactive ketones (excluding diaryl/α,β-unsaturated/α-hetero) is 1. The average Bonchev–Trinajstić information content (AvgIpc) is 2.84. The van der Waals surface area contributed by atoms with Crippen LogP contribution in [0.3, 0.4) is 0 Å². The molecule has 100 valence electrons. The number of aryl methyl sites for hydroxylation is 2. The molecule has 1 aromatic carbocycles. The van der Waals surface area contributed by atoms with Crippen LogP contribution in [0.1, 0.15) is 47.6 Å². The molecule has 0 N–H and O–H groups in total. The monoisotopic (exact) mass is 257 g/mol. The third-order valence-corrected chi connectivity index (χ3v) is 3.28. The minimum Gasteiger partial charge on any atom is -0.292 e. The van der Waals surface area contributed by atoms with E-state index in [4.69, 9.17) is 0 Å². The Labute approximate surface area is 113 Å². The van der Waals surface area contributed by atoms with Crippen molar-refractivity contribution in [2.75, 3.05) is 0 Å². The van der Waals surface area contributed by atoms with Crippen LogP contribution in [0, 0.1) is 13.8 Å². The van der Waals surface area contributed by atoms with Gasteiger partial charge in [0.05, 0.1) is 11.4 Å². The molecule has 0 bridgehead atoms. The van der Waals surface area contributed by atoms with E-state index in [-0.39, 0.29) is 5.78 Å². The topological polar surface area (TPSA) is 47.8 Å². The Kier molecular flexibility index (Phi) is 3.79. The van der Waals surface area contributed by atoms with Gasteiger partial charge >= 0.3 is 0 Å². The molecule has 0 atom stereocenters. The summed E-state index contributed by atoms with van der Waals surface area (Å²) in [5.41, 5.74) is 4.69. The van der Waals surface area contributed by atoms with E-state index in [0.717, 1.165) is 23.4 Å². The number of hydrogen-bond acceptors (Lipinski definition) is 3. The standard InChI is InChI=1S/C15H19N3O/c1-5-12-15(14(19)6-2)16-17-18(12)13-9-10(3)7-8-11(13)4/h7-9H,5-6H2,1-4H3. The normalized spacial score (nSPS) is 10.7. The van der Waals surface area contributed by atoms with E-state index < -0.39 is 0 Å². The summed E-state index contributed by atoms with van der Waals surface area (Å²) in [5.74, 6) is 0.0495. The molecule has 0 amide bonds. The quantitative estimate of drug-likeness (QED) is 0.791. The zero-order valence-electron chi connectivity index (χ0n) is 11.9. The highest BCUT2D eigenvalue weighted by molar-refractivity contribution is 5.95. The number of benzene rings is 1. The van der Waals surface area contributed by atoms with Crippen molar-refractivity contribution in [3.05, 3.63) is 40.7 Å². The van der Waals surface area contributed by atoms with Crippen molar-refractivity contribution in [2.24, 2.45) is 0 Å². The van der Waals surface area contributed by atoms with Crippen molar-refractivity contribution in [3.63, 3.8) is 0 Å². The van der Waals surface area contributed by atoms with E-state index >= 15 is 0 Å². The van der Waals surface area contributed by atoms with Gasteiger partial charge in [-0.2, -0.15) is 0 Å². The third kappa shape index (κ3) is 2.43. The Morgan fingerprint density at radius 1 is 1.26 bits per heavy atom. The summed E-state index contributed by atoms with van der Waals surface area (Å²) < 4.78 is 1.80. The minimum atomic E-state index is 0.0495. The largest absolute Gasteiger partial charge is 0.292 e. The molecule has 4 nitrogen and oxygen atoms in total. The van der Waals surface area contributed by atoms with Crippen LogP contribution in [0.15, 0.2) is 18.2 Å². The number of aromatic nitrogens is 3. The Morgan fingerprint density at radius 2 is 2.00 bits per heavy atom. The summed E-state index contributed by atoms with van der Waals surface area (Å²) >= 11 is 0. The van der Waals surface area contributed by atoms with Crippen LogP contribution in [-0.4, -0.2) is 20.8 Å². The summed E-state index contributed by atoms with van der Waals surface area (Å²) in [4.78, 5) is 11.9. The molecule has 2 aromatic rings. The van der Waals surface area contributed by atoms with Crippen molar-refractivity contribution >= 4 is 5.78 Å². The molecular weight excluding hydrogens is 238 g/mol. The van der Waals surface area contributed by atoms with Crippen molar-refractivity contribution in [2.45, 2.75) is 40.5 Å². The van der Waals surface area contributed by atoms with Gasteiger partial charge in [-0.3, -0.25) is 4.79 Å². The van der Waals surface area contributed by atoms with Gasteiger partial charge in [-0.1, -0.05) is 31.2 Å². The number of carbonyl (C=O) groups is 1. The Hall–Kier alpha value is -1.97. The van der Waals surface area contributed by atoms with Gasteiger partial charge in [0.1, 0.15) is 0 Å². The highest BCUT2D eigenvalue weighted by atomic mass is 16.1. The van der Waals surface area contributed by atoms with Crippen LogP contribution in [0.25, 0.3) is 5.69 Å². The maximum Gasteiger partial charge on any atom is 0.184 e. The summed E-state index contributed by atoms with van der Waals surface area (Å²) in [5, 5.41) is 8.24. The van der Waals surface area contributed by atoms with E-state index in [1.54, 1.807) is 4.68 Å². The lowest BCUT2D eigenvalue weighted by molar-refractivity contribution is 0.0982. The first-order valence-electron chi connectivity index (χ1n) is 6.63. The second-order valence-corrected chi connectivity index (χ2v) is 4.72. The Morgan fingerprint density at radius 3 is 2.63 bits per heavy atom. The first-order valence-corrected chi connectivity index (χ1v) is 6.63. The van der Waals surface area contributed by atoms with E-state index in [1.807, 2.05) is 27.7 Å². The number of rotatable bonds is 4. The van der Waals surface area contributed by atoms with Crippen LogP contribution in [-0.2, 0) is 6.42 Å². The van der Waals surface area contributed by atoms with Gasteiger partial charge in [0.15, 0.2) is 11.5 Å². The van der Waals surface area contributed by atoms with Crippen molar-refractivity contribution in [1.82, 2.24) is 15.0 Å². The van der Waals surface area contributed by atoms with Crippen molar-refractivity contribution < 1.29 is 4.79 Å². The maximum atomic E-state index is 11.9. The smallest absolute Gasteiger partial charge is 0.184 e. The summed E-state index contributed by atoms with van der Waals surface area (Å²) in [6, 6.07) is 6.20.